The number of alkyl carbamates (subject to hydrolysis) is 1. The van der Waals surface area contributed by atoms with Crippen molar-refractivity contribution in [3.05, 3.63) is 88.4 Å². The van der Waals surface area contributed by atoms with Gasteiger partial charge in [0, 0.05) is 24.1 Å². The molecule has 1 aliphatic rings. The molecule has 3 N–H and O–H groups in total. The van der Waals surface area contributed by atoms with Crippen molar-refractivity contribution in [2.45, 2.75) is 31.7 Å². The second-order valence-corrected chi connectivity index (χ2v) is 8.86. The Morgan fingerprint density at radius 3 is 2.23 bits per heavy atom. The fourth-order valence-electron chi connectivity index (χ4n) is 4.25. The van der Waals surface area contributed by atoms with E-state index in [0.29, 0.717) is 12.1 Å². The smallest absolute Gasteiger partial charge is 0.407 e. The van der Waals surface area contributed by atoms with Crippen molar-refractivity contribution in [1.29, 1.82) is 0 Å². The van der Waals surface area contributed by atoms with Gasteiger partial charge < -0.3 is 20.5 Å². The van der Waals surface area contributed by atoms with Crippen LogP contribution in [0.4, 0.5) is 10.5 Å². The summed E-state index contributed by atoms with van der Waals surface area (Å²) in [5.41, 5.74) is 4.98. The van der Waals surface area contributed by atoms with Crippen LogP contribution in [-0.4, -0.2) is 35.7 Å². The molecule has 0 aliphatic heterocycles. The van der Waals surface area contributed by atoms with Gasteiger partial charge in [-0.25, -0.2) is 9.59 Å². The lowest BCUT2D eigenvalue weighted by Crippen LogP contribution is -2.34. The van der Waals surface area contributed by atoms with Gasteiger partial charge in [0.15, 0.2) is 0 Å². The highest BCUT2D eigenvalue weighted by Gasteiger charge is 2.29. The zero-order valence-corrected chi connectivity index (χ0v) is 19.8. The van der Waals surface area contributed by atoms with E-state index in [9.17, 15) is 14.4 Å². The van der Waals surface area contributed by atoms with Gasteiger partial charge in [0.05, 0.1) is 10.6 Å². The first-order valence-corrected chi connectivity index (χ1v) is 11.7. The van der Waals surface area contributed by atoms with Crippen LogP contribution in [-0.2, 0) is 9.53 Å². The van der Waals surface area contributed by atoms with E-state index < -0.39 is 12.1 Å². The lowest BCUT2D eigenvalue weighted by molar-refractivity contribution is -0.116. The predicted octanol–water partition coefficient (Wildman–Crippen LogP) is 5.68. The van der Waals surface area contributed by atoms with E-state index >= 15 is 0 Å². The van der Waals surface area contributed by atoms with E-state index in [0.717, 1.165) is 22.3 Å². The van der Waals surface area contributed by atoms with E-state index in [-0.39, 0.29) is 41.5 Å². The second-order valence-electron chi connectivity index (χ2n) is 8.46. The highest BCUT2D eigenvalue weighted by atomic mass is 35.5. The fraction of sp³-hybridized carbons (Fsp3) is 0.222. The Hall–Kier alpha value is -3.84. The van der Waals surface area contributed by atoms with E-state index in [1.54, 1.807) is 6.92 Å². The first-order chi connectivity index (χ1) is 16.8. The molecule has 1 unspecified atom stereocenters. The number of carboxylic acid groups (broad SMARTS) is 1. The molecule has 0 saturated carbocycles. The van der Waals surface area contributed by atoms with Crippen LogP contribution in [0.1, 0.15) is 47.2 Å². The molecule has 4 rings (SSSR count). The highest BCUT2D eigenvalue weighted by Crippen LogP contribution is 2.44. The molecule has 0 saturated heterocycles. The molecule has 0 aromatic heterocycles. The molecule has 8 heteroatoms. The van der Waals surface area contributed by atoms with Gasteiger partial charge >= 0.3 is 12.1 Å². The number of aromatic carboxylic acids is 1. The van der Waals surface area contributed by atoms with Gasteiger partial charge in [-0.2, -0.15) is 0 Å². The van der Waals surface area contributed by atoms with Crippen molar-refractivity contribution in [1.82, 2.24) is 5.32 Å². The maximum Gasteiger partial charge on any atom is 0.407 e. The Kier molecular flexibility index (Phi) is 7.36. The number of benzene rings is 3. The molecule has 3 aromatic rings. The Morgan fingerprint density at radius 1 is 1.00 bits per heavy atom. The van der Waals surface area contributed by atoms with Crippen LogP contribution in [0, 0.1) is 0 Å². The average Bonchev–Trinajstić information content (AvgIpc) is 3.15. The normalized spacial score (nSPS) is 12.9. The maximum absolute atomic E-state index is 12.4. The SMILES string of the molecule is CC(CCC(=O)Nc1ccc(C(=O)O)c(Cl)c1)NC(=O)OCC1c2ccccc2-c2ccccc21. The lowest BCUT2D eigenvalue weighted by Gasteiger charge is -2.17. The zero-order valence-electron chi connectivity index (χ0n) is 19.1. The van der Waals surface area contributed by atoms with E-state index in [4.69, 9.17) is 21.4 Å². The number of hydrogen-bond donors (Lipinski definition) is 3. The Labute approximate surface area is 208 Å². The number of carbonyl (C=O) groups excluding carboxylic acids is 2. The number of fused-ring (bicyclic) bond motifs is 3. The Bertz CT molecular complexity index is 1230. The molecule has 0 radical (unpaired) electrons. The van der Waals surface area contributed by atoms with Crippen LogP contribution in [0.2, 0.25) is 5.02 Å². The minimum Gasteiger partial charge on any atom is -0.478 e. The third-order valence-electron chi connectivity index (χ3n) is 6.00. The van der Waals surface area contributed by atoms with Crippen molar-refractivity contribution in [2.24, 2.45) is 0 Å². The molecule has 7 nitrogen and oxygen atoms in total. The topological polar surface area (TPSA) is 105 Å². The number of carboxylic acids is 1. The van der Waals surface area contributed by atoms with Crippen LogP contribution in [0.3, 0.4) is 0 Å². The molecule has 0 spiro atoms. The molecule has 2 amide bonds. The predicted molar refractivity (Wildman–Crippen MR) is 134 cm³/mol. The van der Waals surface area contributed by atoms with Crippen LogP contribution in [0.15, 0.2) is 66.7 Å². The molecule has 3 aromatic carbocycles. The number of ether oxygens (including phenoxy) is 1. The third-order valence-corrected chi connectivity index (χ3v) is 6.31. The van der Waals surface area contributed by atoms with E-state index in [1.807, 2.05) is 24.3 Å². The molecule has 180 valence electrons. The molecule has 1 atom stereocenters. The quantitative estimate of drug-likeness (QED) is 0.375. The van der Waals surface area contributed by atoms with E-state index in [1.165, 1.54) is 18.2 Å². The summed E-state index contributed by atoms with van der Waals surface area (Å²) in [5.74, 6) is -1.43. The van der Waals surface area contributed by atoms with Gasteiger partial charge in [0.25, 0.3) is 0 Å². The second kappa shape index (κ2) is 10.6. The molecule has 0 fully saturated rings. The average molecular weight is 493 g/mol. The van der Waals surface area contributed by atoms with Gasteiger partial charge in [-0.1, -0.05) is 60.1 Å². The summed E-state index contributed by atoms with van der Waals surface area (Å²) >= 11 is 5.93. The largest absolute Gasteiger partial charge is 0.478 e. The fourth-order valence-corrected chi connectivity index (χ4v) is 4.51. The number of carbonyl (C=O) groups is 3. The molecule has 0 heterocycles. The van der Waals surface area contributed by atoms with Gasteiger partial charge in [-0.3, -0.25) is 4.79 Å². The highest BCUT2D eigenvalue weighted by molar-refractivity contribution is 6.33. The van der Waals surface area contributed by atoms with Gasteiger partial charge in [0.1, 0.15) is 6.61 Å². The monoisotopic (exact) mass is 492 g/mol. The van der Waals surface area contributed by atoms with E-state index in [2.05, 4.69) is 34.9 Å². The molecule has 1 aliphatic carbocycles. The summed E-state index contributed by atoms with van der Waals surface area (Å²) in [7, 11) is 0. The van der Waals surface area contributed by atoms with Crippen molar-refractivity contribution in [2.75, 3.05) is 11.9 Å². The summed E-state index contributed by atoms with van der Waals surface area (Å²) in [6.07, 6.45) is 0.0240. The van der Waals surface area contributed by atoms with Crippen molar-refractivity contribution < 1.29 is 24.2 Å². The van der Waals surface area contributed by atoms with Gasteiger partial charge in [-0.15, -0.1) is 0 Å². The molecular formula is C27H25ClN2O5. The summed E-state index contributed by atoms with van der Waals surface area (Å²) in [6, 6.07) is 20.2. The minimum atomic E-state index is -1.14. The third kappa shape index (κ3) is 5.63. The van der Waals surface area contributed by atoms with Crippen molar-refractivity contribution in [3.63, 3.8) is 0 Å². The standard InChI is InChI=1S/C27H25ClN2O5/c1-16(10-13-25(31)30-17-11-12-22(26(32)33)24(28)14-17)29-27(34)35-15-23-20-8-4-2-6-18(20)19-7-3-5-9-21(19)23/h2-9,11-12,14,16,23H,10,13,15H2,1H3,(H,29,34)(H,30,31)(H,32,33). The number of anilines is 1. The Balaban J connectivity index is 1.25. The van der Waals surface area contributed by atoms with Crippen molar-refractivity contribution >= 4 is 35.3 Å². The number of rotatable bonds is 8. The summed E-state index contributed by atoms with van der Waals surface area (Å²) < 4.78 is 5.54. The number of amides is 2. The minimum absolute atomic E-state index is 0.0198. The zero-order chi connectivity index (χ0) is 24.9. The number of hydrogen-bond acceptors (Lipinski definition) is 4. The summed E-state index contributed by atoms with van der Waals surface area (Å²) in [4.78, 5) is 35.7. The lowest BCUT2D eigenvalue weighted by atomic mass is 9.98. The number of halogens is 1. The van der Waals surface area contributed by atoms with Gasteiger partial charge in [0.2, 0.25) is 5.91 Å². The van der Waals surface area contributed by atoms with Crippen LogP contribution < -0.4 is 10.6 Å². The number of nitrogens with one attached hydrogen (secondary N) is 2. The molecular weight excluding hydrogens is 468 g/mol. The molecule has 35 heavy (non-hydrogen) atoms. The molecule has 0 bridgehead atoms. The summed E-state index contributed by atoms with van der Waals surface area (Å²) in [6.45, 7) is 2.02. The maximum atomic E-state index is 12.4. The Morgan fingerprint density at radius 2 is 1.63 bits per heavy atom. The van der Waals surface area contributed by atoms with Gasteiger partial charge in [-0.05, 0) is 53.8 Å². The first-order valence-electron chi connectivity index (χ1n) is 11.3. The van der Waals surface area contributed by atoms with Crippen LogP contribution in [0.25, 0.3) is 11.1 Å². The summed E-state index contributed by atoms with van der Waals surface area (Å²) in [5, 5.41) is 14.5. The van der Waals surface area contributed by atoms with Crippen molar-refractivity contribution in [3.8, 4) is 11.1 Å². The van der Waals surface area contributed by atoms with Crippen LogP contribution in [0.5, 0.6) is 0 Å². The van der Waals surface area contributed by atoms with Crippen LogP contribution >= 0.6 is 11.6 Å². The first kappa shape index (κ1) is 24.3.